The Morgan fingerprint density at radius 2 is 1.93 bits per heavy atom. The highest BCUT2D eigenvalue weighted by molar-refractivity contribution is 6.08. The summed E-state index contributed by atoms with van der Waals surface area (Å²) < 4.78 is 16.6. The van der Waals surface area contributed by atoms with Crippen LogP contribution in [0.2, 0.25) is 0 Å². The van der Waals surface area contributed by atoms with Crippen molar-refractivity contribution in [3.05, 3.63) is 78.1 Å². The summed E-state index contributed by atoms with van der Waals surface area (Å²) in [4.78, 5) is 19.2. The SMILES string of the molecule is O=C(c1cccc(-n2ccnc2)c1)N1CC2(CCCC2)c2c(F)cccc21. The number of hydrogen-bond acceptors (Lipinski definition) is 2. The molecular weight excluding hydrogens is 341 g/mol. The molecule has 0 bridgehead atoms. The first kappa shape index (κ1) is 16.2. The van der Waals surface area contributed by atoms with E-state index in [0.717, 1.165) is 42.6 Å². The maximum atomic E-state index is 14.7. The highest BCUT2D eigenvalue weighted by Gasteiger charge is 2.48. The summed E-state index contributed by atoms with van der Waals surface area (Å²) in [7, 11) is 0. The minimum atomic E-state index is -0.224. The van der Waals surface area contributed by atoms with E-state index in [1.807, 2.05) is 41.1 Å². The third kappa shape index (κ3) is 2.49. The van der Waals surface area contributed by atoms with Gasteiger partial charge in [0.25, 0.3) is 5.91 Å². The van der Waals surface area contributed by atoms with Crippen molar-refractivity contribution >= 4 is 11.6 Å². The van der Waals surface area contributed by atoms with Gasteiger partial charge in [0.1, 0.15) is 5.82 Å². The van der Waals surface area contributed by atoms with Gasteiger partial charge in [-0.25, -0.2) is 9.37 Å². The zero-order valence-electron chi connectivity index (χ0n) is 14.9. The molecule has 1 amide bonds. The molecule has 1 saturated carbocycles. The highest BCUT2D eigenvalue weighted by atomic mass is 19.1. The Balaban J connectivity index is 1.55. The number of aromatic nitrogens is 2. The van der Waals surface area contributed by atoms with Crippen LogP contribution in [0.15, 0.2) is 61.2 Å². The van der Waals surface area contributed by atoms with Crippen LogP contribution in [-0.4, -0.2) is 22.0 Å². The Hall–Kier alpha value is -2.95. The van der Waals surface area contributed by atoms with Crippen molar-refractivity contribution in [1.29, 1.82) is 0 Å². The summed E-state index contributed by atoms with van der Waals surface area (Å²) in [5.74, 6) is -0.260. The molecule has 136 valence electrons. The van der Waals surface area contributed by atoms with Gasteiger partial charge in [-0.1, -0.05) is 25.0 Å². The molecule has 4 nitrogen and oxygen atoms in total. The lowest BCUT2D eigenvalue weighted by Gasteiger charge is -2.25. The average Bonchev–Trinajstić information content (AvgIpc) is 3.43. The van der Waals surface area contributed by atoms with E-state index in [1.165, 1.54) is 6.07 Å². The molecule has 27 heavy (non-hydrogen) atoms. The molecule has 1 fully saturated rings. The Labute approximate surface area is 157 Å². The van der Waals surface area contributed by atoms with Gasteiger partial charge in [0, 0.05) is 41.2 Å². The van der Waals surface area contributed by atoms with Crippen molar-refractivity contribution in [3.8, 4) is 5.69 Å². The fourth-order valence-corrected chi connectivity index (χ4v) is 4.74. The largest absolute Gasteiger partial charge is 0.307 e. The fraction of sp³-hybridized carbons (Fsp3) is 0.273. The predicted molar refractivity (Wildman–Crippen MR) is 102 cm³/mol. The number of nitrogens with zero attached hydrogens (tertiary/aromatic N) is 3. The van der Waals surface area contributed by atoms with E-state index >= 15 is 0 Å². The lowest BCUT2D eigenvalue weighted by molar-refractivity contribution is 0.0985. The molecule has 3 aromatic rings. The molecule has 0 radical (unpaired) electrons. The Bertz CT molecular complexity index is 1010. The molecule has 2 aliphatic rings. The van der Waals surface area contributed by atoms with Gasteiger partial charge in [-0.3, -0.25) is 4.79 Å². The summed E-state index contributed by atoms with van der Waals surface area (Å²) in [5, 5.41) is 0. The first-order valence-electron chi connectivity index (χ1n) is 9.37. The molecule has 2 aromatic carbocycles. The maximum Gasteiger partial charge on any atom is 0.258 e. The minimum Gasteiger partial charge on any atom is -0.307 e. The van der Waals surface area contributed by atoms with Gasteiger partial charge in [-0.05, 0) is 43.2 Å². The van der Waals surface area contributed by atoms with E-state index in [9.17, 15) is 9.18 Å². The van der Waals surface area contributed by atoms with Crippen molar-refractivity contribution in [1.82, 2.24) is 9.55 Å². The van der Waals surface area contributed by atoms with Gasteiger partial charge in [0.15, 0.2) is 0 Å². The monoisotopic (exact) mass is 361 g/mol. The average molecular weight is 361 g/mol. The van der Waals surface area contributed by atoms with E-state index in [1.54, 1.807) is 23.5 Å². The van der Waals surface area contributed by atoms with Gasteiger partial charge in [0.05, 0.1) is 12.0 Å². The molecule has 1 aromatic heterocycles. The Morgan fingerprint density at radius 1 is 1.11 bits per heavy atom. The van der Waals surface area contributed by atoms with Crippen LogP contribution in [0.25, 0.3) is 5.69 Å². The molecule has 0 N–H and O–H groups in total. The lowest BCUT2D eigenvalue weighted by Crippen LogP contribution is -2.35. The number of fused-ring (bicyclic) bond motifs is 2. The molecule has 2 heterocycles. The number of benzene rings is 2. The number of hydrogen-bond donors (Lipinski definition) is 0. The number of amides is 1. The number of halogens is 1. The maximum absolute atomic E-state index is 14.7. The van der Waals surface area contributed by atoms with Crippen molar-refractivity contribution in [2.75, 3.05) is 11.4 Å². The molecule has 0 unspecified atom stereocenters. The van der Waals surface area contributed by atoms with E-state index < -0.39 is 0 Å². The van der Waals surface area contributed by atoms with Crippen LogP contribution in [0.4, 0.5) is 10.1 Å². The third-order valence-electron chi connectivity index (χ3n) is 5.97. The van der Waals surface area contributed by atoms with E-state index in [4.69, 9.17) is 0 Å². The number of rotatable bonds is 2. The summed E-state index contributed by atoms with van der Waals surface area (Å²) in [6.45, 7) is 0.567. The summed E-state index contributed by atoms with van der Waals surface area (Å²) in [6, 6.07) is 12.6. The molecule has 1 spiro atoms. The van der Waals surface area contributed by atoms with Crippen molar-refractivity contribution < 1.29 is 9.18 Å². The summed E-state index contributed by atoms with van der Waals surface area (Å²) in [5.41, 5.74) is 2.73. The zero-order chi connectivity index (χ0) is 18.4. The summed E-state index contributed by atoms with van der Waals surface area (Å²) >= 11 is 0. The third-order valence-corrected chi connectivity index (χ3v) is 5.97. The van der Waals surface area contributed by atoms with Crippen molar-refractivity contribution in [2.24, 2.45) is 0 Å². The molecule has 5 rings (SSSR count). The van der Waals surface area contributed by atoms with Crippen LogP contribution in [0.1, 0.15) is 41.6 Å². The first-order chi connectivity index (χ1) is 13.2. The van der Waals surface area contributed by atoms with Gasteiger partial charge < -0.3 is 9.47 Å². The number of anilines is 1. The van der Waals surface area contributed by atoms with Crippen LogP contribution in [0.5, 0.6) is 0 Å². The van der Waals surface area contributed by atoms with Crippen LogP contribution >= 0.6 is 0 Å². The second-order valence-electron chi connectivity index (χ2n) is 7.53. The number of carbonyl (C=O) groups is 1. The Morgan fingerprint density at radius 3 is 2.70 bits per heavy atom. The molecule has 0 atom stereocenters. The zero-order valence-corrected chi connectivity index (χ0v) is 14.9. The van der Waals surface area contributed by atoms with Crippen LogP contribution in [-0.2, 0) is 5.41 Å². The lowest BCUT2D eigenvalue weighted by atomic mass is 9.80. The Kier molecular flexibility index (Phi) is 3.64. The standard InChI is InChI=1S/C22H20FN3O/c23-18-7-4-8-19-20(18)22(9-1-2-10-22)14-26(19)21(27)16-5-3-6-17(13-16)25-12-11-24-15-25/h3-8,11-13,15H,1-2,9-10,14H2. The molecule has 1 aliphatic heterocycles. The van der Waals surface area contributed by atoms with Gasteiger partial charge in [-0.15, -0.1) is 0 Å². The van der Waals surface area contributed by atoms with Crippen LogP contribution in [0.3, 0.4) is 0 Å². The predicted octanol–water partition coefficient (Wildman–Crippen LogP) is 4.48. The van der Waals surface area contributed by atoms with Gasteiger partial charge >= 0.3 is 0 Å². The molecule has 5 heteroatoms. The van der Waals surface area contributed by atoms with Crippen LogP contribution in [0, 0.1) is 5.82 Å². The van der Waals surface area contributed by atoms with Gasteiger partial charge in [0.2, 0.25) is 0 Å². The van der Waals surface area contributed by atoms with E-state index in [-0.39, 0.29) is 17.1 Å². The first-order valence-corrected chi connectivity index (χ1v) is 9.37. The molecule has 0 saturated heterocycles. The minimum absolute atomic E-state index is 0.0763. The van der Waals surface area contributed by atoms with E-state index in [2.05, 4.69) is 4.98 Å². The quantitative estimate of drug-likeness (QED) is 0.675. The van der Waals surface area contributed by atoms with Crippen LogP contribution < -0.4 is 4.90 Å². The fourth-order valence-electron chi connectivity index (χ4n) is 4.74. The number of carbonyl (C=O) groups excluding carboxylic acids is 1. The highest BCUT2D eigenvalue weighted by Crippen LogP contribution is 2.51. The second-order valence-corrected chi connectivity index (χ2v) is 7.53. The van der Waals surface area contributed by atoms with Gasteiger partial charge in [-0.2, -0.15) is 0 Å². The topological polar surface area (TPSA) is 38.1 Å². The normalized spacial score (nSPS) is 17.4. The van der Waals surface area contributed by atoms with E-state index in [0.29, 0.717) is 12.1 Å². The summed E-state index contributed by atoms with van der Waals surface area (Å²) in [6.07, 6.45) is 9.32. The second kappa shape index (κ2) is 6.05. The molecule has 1 aliphatic carbocycles. The van der Waals surface area contributed by atoms with Crippen molar-refractivity contribution in [3.63, 3.8) is 0 Å². The smallest absolute Gasteiger partial charge is 0.258 e. The molecular formula is C22H20FN3O. The van der Waals surface area contributed by atoms with Crippen molar-refractivity contribution in [2.45, 2.75) is 31.1 Å². The number of imidazole rings is 1.